The number of hydrogen-bond acceptors (Lipinski definition) is 6. The van der Waals surface area contributed by atoms with Gasteiger partial charge in [-0.05, 0) is 24.3 Å². The van der Waals surface area contributed by atoms with E-state index in [1.165, 1.54) is 22.3 Å². The highest BCUT2D eigenvalue weighted by atomic mass is 32.1. The molecule has 3 aromatic heterocycles. The standard InChI is InChI=1S/C13H12N4O2S/c18-13-9-4-5-20-12(9)14-7-17(13)6-10-15-11(19-16-10)8-2-1-3-8/h4-5,7-8H,1-3,6H2. The highest BCUT2D eigenvalue weighted by Gasteiger charge is 2.25. The molecule has 0 radical (unpaired) electrons. The van der Waals surface area contributed by atoms with Crippen molar-refractivity contribution in [3.8, 4) is 0 Å². The Hall–Kier alpha value is -2.02. The molecule has 3 heterocycles. The number of fused-ring (bicyclic) bond motifs is 1. The molecule has 0 amide bonds. The second-order valence-corrected chi connectivity index (χ2v) is 5.89. The zero-order valence-electron chi connectivity index (χ0n) is 10.7. The van der Waals surface area contributed by atoms with Crippen molar-refractivity contribution >= 4 is 21.6 Å². The third-order valence-corrected chi connectivity index (χ3v) is 4.52. The van der Waals surface area contributed by atoms with Crippen molar-refractivity contribution in [2.75, 3.05) is 0 Å². The third kappa shape index (κ3) is 1.85. The summed E-state index contributed by atoms with van der Waals surface area (Å²) < 4.78 is 6.78. The second-order valence-electron chi connectivity index (χ2n) is 4.99. The largest absolute Gasteiger partial charge is 0.339 e. The summed E-state index contributed by atoms with van der Waals surface area (Å²) in [5.41, 5.74) is -0.0637. The zero-order chi connectivity index (χ0) is 13.5. The van der Waals surface area contributed by atoms with Crippen molar-refractivity contribution in [2.24, 2.45) is 0 Å². The minimum absolute atomic E-state index is 0.0637. The predicted molar refractivity (Wildman–Crippen MR) is 73.9 cm³/mol. The molecule has 20 heavy (non-hydrogen) atoms. The molecule has 0 aromatic carbocycles. The fourth-order valence-corrected chi connectivity index (χ4v) is 3.03. The molecular weight excluding hydrogens is 276 g/mol. The molecule has 0 N–H and O–H groups in total. The van der Waals surface area contributed by atoms with Gasteiger partial charge in [0.15, 0.2) is 5.82 Å². The number of nitrogens with zero attached hydrogens (tertiary/aromatic N) is 4. The van der Waals surface area contributed by atoms with Crippen LogP contribution in [-0.4, -0.2) is 19.7 Å². The van der Waals surface area contributed by atoms with E-state index in [-0.39, 0.29) is 5.56 Å². The van der Waals surface area contributed by atoms with Crippen LogP contribution in [0.2, 0.25) is 0 Å². The maximum Gasteiger partial charge on any atom is 0.262 e. The van der Waals surface area contributed by atoms with Crippen molar-refractivity contribution in [1.82, 2.24) is 19.7 Å². The number of aromatic nitrogens is 4. The van der Waals surface area contributed by atoms with Gasteiger partial charge in [-0.2, -0.15) is 4.98 Å². The zero-order valence-corrected chi connectivity index (χ0v) is 11.5. The molecule has 0 unspecified atom stereocenters. The summed E-state index contributed by atoms with van der Waals surface area (Å²) in [6.07, 6.45) is 5.00. The van der Waals surface area contributed by atoms with E-state index >= 15 is 0 Å². The lowest BCUT2D eigenvalue weighted by Crippen LogP contribution is -2.21. The maximum absolute atomic E-state index is 12.2. The van der Waals surface area contributed by atoms with Crippen molar-refractivity contribution in [1.29, 1.82) is 0 Å². The van der Waals surface area contributed by atoms with Gasteiger partial charge in [-0.15, -0.1) is 11.3 Å². The summed E-state index contributed by atoms with van der Waals surface area (Å²) in [5, 5.41) is 6.46. The van der Waals surface area contributed by atoms with Gasteiger partial charge in [0, 0.05) is 5.92 Å². The molecule has 4 rings (SSSR count). The Kier molecular flexibility index (Phi) is 2.66. The number of rotatable bonds is 3. The molecule has 1 aliphatic rings. The maximum atomic E-state index is 12.2. The Balaban J connectivity index is 1.64. The molecule has 3 aromatic rings. The monoisotopic (exact) mass is 288 g/mol. The molecule has 0 atom stereocenters. The van der Waals surface area contributed by atoms with Gasteiger partial charge < -0.3 is 4.52 Å². The molecule has 1 aliphatic carbocycles. The lowest BCUT2D eigenvalue weighted by Gasteiger charge is -2.20. The van der Waals surface area contributed by atoms with E-state index in [9.17, 15) is 4.79 Å². The molecule has 1 saturated carbocycles. The molecule has 0 saturated heterocycles. The van der Waals surface area contributed by atoms with E-state index < -0.39 is 0 Å². The first-order valence-electron chi connectivity index (χ1n) is 6.56. The van der Waals surface area contributed by atoms with Crippen LogP contribution in [0.3, 0.4) is 0 Å². The Bertz CT molecular complexity index is 815. The van der Waals surface area contributed by atoms with Gasteiger partial charge >= 0.3 is 0 Å². The second kappa shape index (κ2) is 4.52. The Morgan fingerprint density at radius 2 is 2.35 bits per heavy atom. The fraction of sp³-hybridized carbons (Fsp3) is 0.385. The highest BCUT2D eigenvalue weighted by molar-refractivity contribution is 7.16. The van der Waals surface area contributed by atoms with E-state index in [0.29, 0.717) is 29.6 Å². The van der Waals surface area contributed by atoms with Crippen LogP contribution in [0, 0.1) is 0 Å². The number of hydrogen-bond donors (Lipinski definition) is 0. The van der Waals surface area contributed by atoms with Crippen molar-refractivity contribution in [3.05, 3.63) is 39.8 Å². The van der Waals surface area contributed by atoms with Gasteiger partial charge in [0.2, 0.25) is 5.89 Å². The third-order valence-electron chi connectivity index (χ3n) is 3.70. The average Bonchev–Trinajstić information content (AvgIpc) is 3.00. The predicted octanol–water partition coefficient (Wildman–Crippen LogP) is 2.16. The first-order valence-corrected chi connectivity index (χ1v) is 7.44. The normalized spacial score (nSPS) is 15.6. The number of thiophene rings is 1. The summed E-state index contributed by atoms with van der Waals surface area (Å²) in [6.45, 7) is 0.299. The fourth-order valence-electron chi connectivity index (χ4n) is 2.31. The van der Waals surface area contributed by atoms with E-state index in [1.807, 2.05) is 5.38 Å². The molecule has 7 heteroatoms. The Morgan fingerprint density at radius 1 is 1.45 bits per heavy atom. The van der Waals surface area contributed by atoms with Crippen LogP contribution in [0.5, 0.6) is 0 Å². The van der Waals surface area contributed by atoms with Crippen molar-refractivity contribution < 1.29 is 4.52 Å². The molecular formula is C13H12N4O2S. The summed E-state index contributed by atoms with van der Waals surface area (Å²) in [7, 11) is 0. The van der Waals surface area contributed by atoms with Gasteiger partial charge in [0.25, 0.3) is 5.56 Å². The summed E-state index contributed by atoms with van der Waals surface area (Å²) in [5.74, 6) is 1.64. The van der Waals surface area contributed by atoms with Crippen molar-refractivity contribution in [2.45, 2.75) is 31.7 Å². The highest BCUT2D eigenvalue weighted by Crippen LogP contribution is 2.35. The quantitative estimate of drug-likeness (QED) is 0.738. The lowest BCUT2D eigenvalue weighted by atomic mass is 9.85. The van der Waals surface area contributed by atoms with Gasteiger partial charge in [-0.25, -0.2) is 4.98 Å². The van der Waals surface area contributed by atoms with Crippen LogP contribution < -0.4 is 5.56 Å². The first kappa shape index (κ1) is 11.8. The molecule has 0 aliphatic heterocycles. The van der Waals surface area contributed by atoms with E-state index in [1.54, 1.807) is 12.4 Å². The lowest BCUT2D eigenvalue weighted by molar-refractivity contribution is 0.291. The van der Waals surface area contributed by atoms with Crippen LogP contribution in [0.1, 0.15) is 36.9 Å². The smallest absolute Gasteiger partial charge is 0.262 e. The van der Waals surface area contributed by atoms with Gasteiger partial charge in [-0.1, -0.05) is 11.6 Å². The average molecular weight is 288 g/mol. The molecule has 6 nitrogen and oxygen atoms in total. The van der Waals surface area contributed by atoms with Gasteiger partial charge in [0.1, 0.15) is 4.83 Å². The molecule has 1 fully saturated rings. The topological polar surface area (TPSA) is 73.8 Å². The minimum Gasteiger partial charge on any atom is -0.339 e. The van der Waals surface area contributed by atoms with Gasteiger partial charge in [-0.3, -0.25) is 9.36 Å². The first-order chi connectivity index (χ1) is 9.81. The Labute approximate surface area is 118 Å². The summed E-state index contributed by atoms with van der Waals surface area (Å²) in [6, 6.07) is 1.79. The van der Waals surface area contributed by atoms with E-state index in [4.69, 9.17) is 4.52 Å². The van der Waals surface area contributed by atoms with Crippen LogP contribution in [0.15, 0.2) is 27.1 Å². The van der Waals surface area contributed by atoms with E-state index in [2.05, 4.69) is 15.1 Å². The van der Waals surface area contributed by atoms with Crippen LogP contribution >= 0.6 is 11.3 Å². The van der Waals surface area contributed by atoms with Crippen LogP contribution in [0.4, 0.5) is 0 Å². The van der Waals surface area contributed by atoms with Crippen molar-refractivity contribution in [3.63, 3.8) is 0 Å². The Morgan fingerprint density at radius 3 is 3.15 bits per heavy atom. The minimum atomic E-state index is -0.0637. The van der Waals surface area contributed by atoms with Crippen LogP contribution in [-0.2, 0) is 6.54 Å². The van der Waals surface area contributed by atoms with E-state index in [0.717, 1.165) is 17.7 Å². The summed E-state index contributed by atoms with van der Waals surface area (Å²) in [4.78, 5) is 21.6. The molecule has 102 valence electrons. The summed E-state index contributed by atoms with van der Waals surface area (Å²) >= 11 is 1.46. The molecule has 0 spiro atoms. The van der Waals surface area contributed by atoms with Crippen LogP contribution in [0.25, 0.3) is 10.2 Å². The SMILES string of the molecule is O=c1c2ccsc2ncn1Cc1noc(C2CCC2)n1. The molecule has 0 bridgehead atoms. The van der Waals surface area contributed by atoms with Gasteiger partial charge in [0.05, 0.1) is 18.3 Å².